The van der Waals surface area contributed by atoms with Gasteiger partial charge < -0.3 is 4.74 Å². The lowest BCUT2D eigenvalue weighted by atomic mass is 9.68. The summed E-state index contributed by atoms with van der Waals surface area (Å²) < 4.78 is 4.79. The lowest BCUT2D eigenvalue weighted by molar-refractivity contribution is -0.148. The Labute approximate surface area is 80.7 Å². The molecule has 76 valence electrons. The van der Waals surface area contributed by atoms with Gasteiger partial charge in [-0.1, -0.05) is 20.8 Å². The molecule has 0 aromatic carbocycles. The number of esters is 1. The van der Waals surface area contributed by atoms with Gasteiger partial charge in [-0.3, -0.25) is 4.79 Å². The summed E-state index contributed by atoms with van der Waals surface area (Å²) in [6, 6.07) is 0. The van der Waals surface area contributed by atoms with Crippen LogP contribution in [0.2, 0.25) is 0 Å². The zero-order valence-corrected chi connectivity index (χ0v) is 9.09. The molecule has 2 unspecified atom stereocenters. The molecule has 1 aliphatic rings. The number of carbonyl (C=O) groups is 1. The van der Waals surface area contributed by atoms with E-state index in [9.17, 15) is 4.79 Å². The van der Waals surface area contributed by atoms with Crippen LogP contribution in [0.5, 0.6) is 0 Å². The van der Waals surface area contributed by atoms with Gasteiger partial charge >= 0.3 is 5.97 Å². The second-order valence-electron chi connectivity index (χ2n) is 5.13. The van der Waals surface area contributed by atoms with Gasteiger partial charge in [0.1, 0.15) is 0 Å². The molecule has 0 amide bonds. The Morgan fingerprint density at radius 1 is 1.38 bits per heavy atom. The van der Waals surface area contributed by atoms with Crippen molar-refractivity contribution in [3.05, 3.63) is 0 Å². The Morgan fingerprint density at radius 3 is 2.46 bits per heavy atom. The van der Waals surface area contributed by atoms with Crippen LogP contribution >= 0.6 is 0 Å². The lowest BCUT2D eigenvalue weighted by Crippen LogP contribution is -2.32. The van der Waals surface area contributed by atoms with Gasteiger partial charge in [0.2, 0.25) is 0 Å². The van der Waals surface area contributed by atoms with Crippen LogP contribution < -0.4 is 0 Å². The largest absolute Gasteiger partial charge is 0.469 e. The minimum Gasteiger partial charge on any atom is -0.469 e. The summed E-state index contributed by atoms with van der Waals surface area (Å²) in [5, 5.41) is 0. The summed E-state index contributed by atoms with van der Waals surface area (Å²) in [6.07, 6.45) is 3.20. The Morgan fingerprint density at radius 2 is 2.00 bits per heavy atom. The lowest BCUT2D eigenvalue weighted by Gasteiger charge is -2.37. The highest BCUT2D eigenvalue weighted by atomic mass is 16.5. The molecule has 0 N–H and O–H groups in total. The normalized spacial score (nSPS) is 32.6. The van der Waals surface area contributed by atoms with Crippen molar-refractivity contribution in [2.24, 2.45) is 17.3 Å². The number of methoxy groups -OCH3 is 1. The minimum absolute atomic E-state index is 0.0281. The topological polar surface area (TPSA) is 26.3 Å². The summed E-state index contributed by atoms with van der Waals surface area (Å²) in [5.41, 5.74) is 0.302. The highest BCUT2D eigenvalue weighted by Crippen LogP contribution is 2.41. The molecule has 1 aliphatic carbocycles. The molecule has 1 fully saturated rings. The van der Waals surface area contributed by atoms with E-state index in [2.05, 4.69) is 20.8 Å². The minimum atomic E-state index is -0.0281. The van der Waals surface area contributed by atoms with Crippen LogP contribution in [0.25, 0.3) is 0 Å². The number of carbonyl (C=O) groups excluding carboxylic acids is 1. The van der Waals surface area contributed by atoms with Crippen molar-refractivity contribution >= 4 is 5.97 Å². The third-order valence-corrected chi connectivity index (χ3v) is 2.92. The second kappa shape index (κ2) is 3.69. The monoisotopic (exact) mass is 184 g/mol. The van der Waals surface area contributed by atoms with Crippen LogP contribution in [0, 0.1) is 17.3 Å². The van der Waals surface area contributed by atoms with Crippen LogP contribution in [-0.2, 0) is 9.53 Å². The molecule has 13 heavy (non-hydrogen) atoms. The van der Waals surface area contributed by atoms with Crippen LogP contribution in [0.4, 0.5) is 0 Å². The van der Waals surface area contributed by atoms with Crippen LogP contribution in [0.1, 0.15) is 40.0 Å². The summed E-state index contributed by atoms with van der Waals surface area (Å²) in [4.78, 5) is 11.4. The summed E-state index contributed by atoms with van der Waals surface area (Å²) >= 11 is 0. The second-order valence-corrected chi connectivity index (χ2v) is 5.13. The molecule has 0 aromatic rings. The fourth-order valence-electron chi connectivity index (χ4n) is 2.69. The highest BCUT2D eigenvalue weighted by molar-refractivity contribution is 5.72. The fraction of sp³-hybridized carbons (Fsp3) is 0.909. The number of ether oxygens (including phenoxy) is 1. The van der Waals surface area contributed by atoms with E-state index < -0.39 is 0 Å². The maximum absolute atomic E-state index is 11.4. The van der Waals surface area contributed by atoms with Crippen molar-refractivity contribution in [2.45, 2.75) is 40.0 Å². The number of hydrogen-bond donors (Lipinski definition) is 0. The van der Waals surface area contributed by atoms with E-state index in [4.69, 9.17) is 4.74 Å². The molecule has 2 atom stereocenters. The van der Waals surface area contributed by atoms with Crippen molar-refractivity contribution in [2.75, 3.05) is 7.11 Å². The van der Waals surface area contributed by atoms with Crippen LogP contribution in [-0.4, -0.2) is 13.1 Å². The van der Waals surface area contributed by atoms with E-state index in [1.165, 1.54) is 13.5 Å². The molecule has 0 aromatic heterocycles. The average Bonchev–Trinajstić information content (AvgIpc) is 1.99. The van der Waals surface area contributed by atoms with Gasteiger partial charge in [0.15, 0.2) is 0 Å². The molecule has 1 saturated carbocycles. The summed E-state index contributed by atoms with van der Waals surface area (Å²) in [5.74, 6) is 0.747. The van der Waals surface area contributed by atoms with E-state index in [1.54, 1.807) is 0 Å². The number of rotatable bonds is 1. The van der Waals surface area contributed by atoms with Gasteiger partial charge in [-0.2, -0.15) is 0 Å². The van der Waals surface area contributed by atoms with Crippen molar-refractivity contribution in [1.29, 1.82) is 0 Å². The molecule has 1 rings (SSSR count). The molecule has 0 spiro atoms. The Hall–Kier alpha value is -0.530. The Bertz CT molecular complexity index is 196. The van der Waals surface area contributed by atoms with Crippen LogP contribution in [0.15, 0.2) is 0 Å². The van der Waals surface area contributed by atoms with E-state index in [-0.39, 0.29) is 11.9 Å². The SMILES string of the molecule is COC(=O)C1CC(C)CC(C)(C)C1. The van der Waals surface area contributed by atoms with Crippen molar-refractivity contribution in [3.8, 4) is 0 Å². The van der Waals surface area contributed by atoms with Gasteiger partial charge in [-0.05, 0) is 30.6 Å². The van der Waals surface area contributed by atoms with Crippen molar-refractivity contribution in [3.63, 3.8) is 0 Å². The first kappa shape index (κ1) is 10.6. The molecule has 2 heteroatoms. The van der Waals surface area contributed by atoms with E-state index in [1.807, 2.05) is 0 Å². The van der Waals surface area contributed by atoms with Gasteiger partial charge in [0.05, 0.1) is 13.0 Å². The molecular weight excluding hydrogens is 164 g/mol. The smallest absolute Gasteiger partial charge is 0.308 e. The first-order chi connectivity index (χ1) is 5.94. The highest BCUT2D eigenvalue weighted by Gasteiger charge is 2.35. The molecular formula is C11H20O2. The molecule has 2 nitrogen and oxygen atoms in total. The number of hydrogen-bond acceptors (Lipinski definition) is 2. The summed E-state index contributed by atoms with van der Waals surface area (Å²) in [6.45, 7) is 6.69. The molecule has 0 bridgehead atoms. The van der Waals surface area contributed by atoms with Crippen molar-refractivity contribution < 1.29 is 9.53 Å². The van der Waals surface area contributed by atoms with Crippen LogP contribution in [0.3, 0.4) is 0 Å². The first-order valence-corrected chi connectivity index (χ1v) is 5.02. The quantitative estimate of drug-likeness (QED) is 0.585. The maximum Gasteiger partial charge on any atom is 0.308 e. The Balaban J connectivity index is 2.62. The van der Waals surface area contributed by atoms with Gasteiger partial charge in [0, 0.05) is 0 Å². The average molecular weight is 184 g/mol. The van der Waals surface area contributed by atoms with E-state index in [0.717, 1.165) is 12.8 Å². The standard InChI is InChI=1S/C11H20O2/c1-8-5-9(10(12)13-4)7-11(2,3)6-8/h8-9H,5-7H2,1-4H3. The third kappa shape index (κ3) is 2.71. The summed E-state index contributed by atoms with van der Waals surface area (Å²) in [7, 11) is 1.48. The molecule has 0 heterocycles. The van der Waals surface area contributed by atoms with Gasteiger partial charge in [-0.15, -0.1) is 0 Å². The maximum atomic E-state index is 11.4. The zero-order valence-electron chi connectivity index (χ0n) is 9.09. The van der Waals surface area contributed by atoms with Gasteiger partial charge in [0.25, 0.3) is 0 Å². The van der Waals surface area contributed by atoms with Crippen molar-refractivity contribution in [1.82, 2.24) is 0 Å². The first-order valence-electron chi connectivity index (χ1n) is 5.02. The van der Waals surface area contributed by atoms with Gasteiger partial charge in [-0.25, -0.2) is 0 Å². The molecule has 0 saturated heterocycles. The molecule has 0 aliphatic heterocycles. The van der Waals surface area contributed by atoms with E-state index in [0.29, 0.717) is 11.3 Å². The third-order valence-electron chi connectivity index (χ3n) is 2.92. The molecule has 0 radical (unpaired) electrons. The van der Waals surface area contributed by atoms with E-state index >= 15 is 0 Å². The zero-order chi connectivity index (χ0) is 10.1. The Kier molecular flexibility index (Phi) is 2.99. The predicted octanol–water partition coefficient (Wildman–Crippen LogP) is 2.62. The fourth-order valence-corrected chi connectivity index (χ4v) is 2.69. The predicted molar refractivity (Wildman–Crippen MR) is 52.3 cm³/mol.